The van der Waals surface area contributed by atoms with Gasteiger partial charge >= 0.3 is 5.97 Å². The largest absolute Gasteiger partial charge is 0.495 e. The average molecular weight is 606 g/mol. The molecule has 14 heteroatoms. The number of carboxylic acid groups (broad SMARTS) is 1. The van der Waals surface area contributed by atoms with Gasteiger partial charge in [-0.3, -0.25) is 9.62 Å². The molecule has 1 saturated carbocycles. The van der Waals surface area contributed by atoms with Crippen molar-refractivity contribution in [2.45, 2.75) is 49.1 Å². The van der Waals surface area contributed by atoms with Crippen LogP contribution in [-0.2, 0) is 19.5 Å². The van der Waals surface area contributed by atoms with Crippen molar-refractivity contribution in [3.8, 4) is 17.2 Å². The summed E-state index contributed by atoms with van der Waals surface area (Å²) < 4.78 is 63.9. The second kappa shape index (κ2) is 12.8. The SMILES string of the molecule is COc1cc(C(=O)O)c(F)cc1NS(=O)(=O)c1coc(-c2ccc(C3CCC(OC(O)N4CCOCC4)CC3)cc2)n1. The number of aliphatic hydroxyl groups is 1. The minimum atomic E-state index is -4.32. The molecule has 1 aliphatic carbocycles. The van der Waals surface area contributed by atoms with Crippen LogP contribution < -0.4 is 9.46 Å². The molecule has 1 aliphatic heterocycles. The maximum atomic E-state index is 14.2. The molecule has 2 heterocycles. The number of aromatic carboxylic acids is 1. The first-order valence-electron chi connectivity index (χ1n) is 13.5. The Labute approximate surface area is 242 Å². The summed E-state index contributed by atoms with van der Waals surface area (Å²) in [6.07, 6.45) is 3.51. The van der Waals surface area contributed by atoms with Gasteiger partial charge < -0.3 is 28.8 Å². The van der Waals surface area contributed by atoms with E-state index in [-0.39, 0.29) is 23.4 Å². The molecule has 42 heavy (non-hydrogen) atoms. The van der Waals surface area contributed by atoms with E-state index < -0.39 is 38.8 Å². The summed E-state index contributed by atoms with van der Waals surface area (Å²) in [5.74, 6) is -2.42. The van der Waals surface area contributed by atoms with Crippen LogP contribution in [0.15, 0.2) is 52.1 Å². The number of benzene rings is 2. The van der Waals surface area contributed by atoms with Gasteiger partial charge in [0.1, 0.15) is 17.8 Å². The van der Waals surface area contributed by atoms with Crippen LogP contribution in [-0.4, -0.2) is 80.4 Å². The number of ether oxygens (including phenoxy) is 3. The molecule has 5 rings (SSSR count). The first-order valence-corrected chi connectivity index (χ1v) is 15.0. The van der Waals surface area contributed by atoms with Crippen molar-refractivity contribution in [2.75, 3.05) is 38.1 Å². The number of aliphatic hydroxyl groups excluding tert-OH is 1. The minimum absolute atomic E-state index is 0.00812. The molecule has 0 radical (unpaired) electrons. The Morgan fingerprint density at radius 2 is 1.83 bits per heavy atom. The highest BCUT2D eigenvalue weighted by Gasteiger charge is 2.28. The average Bonchev–Trinajstić information content (AvgIpc) is 3.50. The first kappa shape index (κ1) is 29.9. The standard InChI is InChI=1S/C28H32FN3O9S/c1-38-24-14-21(27(33)34)22(29)15-23(24)31-42(36,37)25-16-40-26(30-25)19-4-2-17(3-5-19)18-6-8-20(9-7-18)41-28(35)32-10-12-39-13-11-32/h2-5,14-16,18,20,28,31,35H,6-13H2,1H3,(H,33,34). The summed E-state index contributed by atoms with van der Waals surface area (Å²) in [4.78, 5) is 17.1. The number of aromatic nitrogens is 1. The number of rotatable bonds is 10. The number of carboxylic acids is 1. The van der Waals surface area contributed by atoms with Crippen molar-refractivity contribution in [3.63, 3.8) is 0 Å². The molecule has 226 valence electrons. The third-order valence-electron chi connectivity index (χ3n) is 7.50. The van der Waals surface area contributed by atoms with E-state index >= 15 is 0 Å². The van der Waals surface area contributed by atoms with E-state index in [2.05, 4.69) is 9.71 Å². The van der Waals surface area contributed by atoms with Crippen LogP contribution >= 0.6 is 0 Å². The number of carbonyl (C=O) groups is 1. The summed E-state index contributed by atoms with van der Waals surface area (Å²) in [5.41, 5.74) is 0.752. The Balaban J connectivity index is 1.20. The lowest BCUT2D eigenvalue weighted by molar-refractivity contribution is -0.234. The number of anilines is 1. The van der Waals surface area contributed by atoms with E-state index in [0.29, 0.717) is 37.8 Å². The number of oxazole rings is 1. The van der Waals surface area contributed by atoms with Gasteiger partial charge in [-0.25, -0.2) is 9.18 Å². The lowest BCUT2D eigenvalue weighted by Gasteiger charge is -2.35. The zero-order valence-electron chi connectivity index (χ0n) is 22.9. The molecule has 1 saturated heterocycles. The lowest BCUT2D eigenvalue weighted by atomic mass is 9.82. The van der Waals surface area contributed by atoms with Gasteiger partial charge in [0, 0.05) is 24.7 Å². The van der Waals surface area contributed by atoms with Crippen molar-refractivity contribution in [2.24, 2.45) is 0 Å². The van der Waals surface area contributed by atoms with Crippen molar-refractivity contribution in [1.29, 1.82) is 0 Å². The van der Waals surface area contributed by atoms with Crippen molar-refractivity contribution in [3.05, 3.63) is 59.6 Å². The number of nitrogens with one attached hydrogen (secondary N) is 1. The number of hydrogen-bond donors (Lipinski definition) is 3. The van der Waals surface area contributed by atoms with Gasteiger partial charge in [-0.2, -0.15) is 13.4 Å². The smallest absolute Gasteiger partial charge is 0.338 e. The molecular weight excluding hydrogens is 573 g/mol. The predicted octanol–water partition coefficient (Wildman–Crippen LogP) is 3.64. The molecular formula is C28H32FN3O9S. The maximum Gasteiger partial charge on any atom is 0.338 e. The van der Waals surface area contributed by atoms with Crippen LogP contribution in [0, 0.1) is 5.82 Å². The predicted molar refractivity (Wildman–Crippen MR) is 147 cm³/mol. The monoisotopic (exact) mass is 605 g/mol. The maximum absolute atomic E-state index is 14.2. The number of methoxy groups -OCH3 is 1. The molecule has 12 nitrogen and oxygen atoms in total. The zero-order chi connectivity index (χ0) is 29.9. The first-order chi connectivity index (χ1) is 20.1. The summed E-state index contributed by atoms with van der Waals surface area (Å²) in [5, 5.41) is 19.0. The molecule has 1 unspecified atom stereocenters. The van der Waals surface area contributed by atoms with Gasteiger partial charge in [0.05, 0.1) is 37.7 Å². The molecule has 0 spiro atoms. The molecule has 0 amide bonds. The number of hydrogen-bond acceptors (Lipinski definition) is 10. The molecule has 2 aliphatic rings. The highest BCUT2D eigenvalue weighted by atomic mass is 32.2. The van der Waals surface area contributed by atoms with E-state index in [1.807, 2.05) is 17.0 Å². The summed E-state index contributed by atoms with van der Waals surface area (Å²) in [6.45, 7) is 2.47. The molecule has 2 fully saturated rings. The third kappa shape index (κ3) is 6.73. The Bertz CT molecular complexity index is 1500. The van der Waals surface area contributed by atoms with Gasteiger partial charge in [0.25, 0.3) is 10.0 Å². The van der Waals surface area contributed by atoms with Crippen LogP contribution in [0.2, 0.25) is 0 Å². The molecule has 2 aromatic carbocycles. The number of nitrogens with zero attached hydrogens (tertiary/aromatic N) is 2. The lowest BCUT2D eigenvalue weighted by Crippen LogP contribution is -2.46. The van der Waals surface area contributed by atoms with Crippen LogP contribution in [0.5, 0.6) is 5.75 Å². The van der Waals surface area contributed by atoms with Gasteiger partial charge in [-0.05, 0) is 55.4 Å². The van der Waals surface area contributed by atoms with Gasteiger partial charge in [-0.1, -0.05) is 12.1 Å². The normalized spacial score (nSPS) is 20.6. The topological polar surface area (TPSA) is 161 Å². The van der Waals surface area contributed by atoms with Gasteiger partial charge in [0.15, 0.2) is 0 Å². The summed E-state index contributed by atoms with van der Waals surface area (Å²) in [7, 11) is -3.12. The molecule has 1 atom stereocenters. The van der Waals surface area contributed by atoms with E-state index in [1.54, 1.807) is 12.1 Å². The third-order valence-corrected chi connectivity index (χ3v) is 8.72. The quantitative estimate of drug-likeness (QED) is 0.290. The molecule has 0 bridgehead atoms. The van der Waals surface area contributed by atoms with E-state index in [9.17, 15) is 22.7 Å². The zero-order valence-corrected chi connectivity index (χ0v) is 23.7. The van der Waals surface area contributed by atoms with E-state index in [1.165, 1.54) is 7.11 Å². The van der Waals surface area contributed by atoms with Crippen molar-refractivity contribution < 1.29 is 46.4 Å². The second-order valence-corrected chi connectivity index (χ2v) is 11.8. The molecule has 3 aromatic rings. The van der Waals surface area contributed by atoms with Crippen LogP contribution in [0.4, 0.5) is 10.1 Å². The fourth-order valence-corrected chi connectivity index (χ4v) is 6.10. The number of halogens is 1. The molecule has 3 N–H and O–H groups in total. The molecule has 1 aromatic heterocycles. The highest BCUT2D eigenvalue weighted by molar-refractivity contribution is 7.92. The Kier molecular flexibility index (Phi) is 9.08. The number of sulfonamides is 1. The number of morpholine rings is 1. The Morgan fingerprint density at radius 1 is 1.14 bits per heavy atom. The van der Waals surface area contributed by atoms with Crippen molar-refractivity contribution in [1.82, 2.24) is 9.88 Å². The van der Waals surface area contributed by atoms with Crippen LogP contribution in [0.3, 0.4) is 0 Å². The summed E-state index contributed by atoms with van der Waals surface area (Å²) >= 11 is 0. The van der Waals surface area contributed by atoms with E-state index in [0.717, 1.165) is 49.6 Å². The van der Waals surface area contributed by atoms with E-state index in [4.69, 9.17) is 23.7 Å². The van der Waals surface area contributed by atoms with Crippen LogP contribution in [0.25, 0.3) is 11.5 Å². The highest BCUT2D eigenvalue weighted by Crippen LogP contribution is 2.36. The van der Waals surface area contributed by atoms with Crippen LogP contribution in [0.1, 0.15) is 47.5 Å². The van der Waals surface area contributed by atoms with Gasteiger partial charge in [0.2, 0.25) is 17.3 Å². The second-order valence-electron chi connectivity index (χ2n) is 10.1. The minimum Gasteiger partial charge on any atom is -0.495 e. The van der Waals surface area contributed by atoms with Crippen molar-refractivity contribution >= 4 is 21.7 Å². The fraction of sp³-hybridized carbons (Fsp3) is 0.429. The summed E-state index contributed by atoms with van der Waals surface area (Å²) in [6, 6.07) is 9.14. The fourth-order valence-electron chi connectivity index (χ4n) is 5.16. The Hall–Kier alpha value is -3.56. The Morgan fingerprint density at radius 3 is 2.48 bits per heavy atom. The van der Waals surface area contributed by atoms with Gasteiger partial charge in [-0.15, -0.1) is 0 Å².